The Kier molecular flexibility index (Phi) is 5.00. The summed E-state index contributed by atoms with van der Waals surface area (Å²) >= 11 is 1.68. The number of benzene rings is 1. The minimum atomic E-state index is 0.0832. The highest BCUT2D eigenvalue weighted by Crippen LogP contribution is 2.33. The fourth-order valence-electron chi connectivity index (χ4n) is 4.20. The minimum absolute atomic E-state index is 0.0832. The Bertz CT molecular complexity index is 1250. The summed E-state index contributed by atoms with van der Waals surface area (Å²) in [7, 11) is 1.94. The lowest BCUT2D eigenvalue weighted by atomic mass is 9.93. The predicted octanol–water partition coefficient (Wildman–Crippen LogP) is 3.20. The number of hydrogen-bond donors (Lipinski definition) is 1. The lowest BCUT2D eigenvalue weighted by Crippen LogP contribution is -2.33. The maximum Gasteiger partial charge on any atom is 0.262 e. The first-order valence-electron chi connectivity index (χ1n) is 10.3. The van der Waals surface area contributed by atoms with Crippen molar-refractivity contribution in [3.63, 3.8) is 0 Å². The van der Waals surface area contributed by atoms with Crippen molar-refractivity contribution in [2.45, 2.75) is 45.3 Å². The summed E-state index contributed by atoms with van der Waals surface area (Å²) < 4.78 is 3.57. The zero-order valence-electron chi connectivity index (χ0n) is 17.3. The smallest absolute Gasteiger partial charge is 0.262 e. The first-order valence-corrected chi connectivity index (χ1v) is 11.1. The second kappa shape index (κ2) is 7.81. The Morgan fingerprint density at radius 2 is 2.07 bits per heavy atom. The van der Waals surface area contributed by atoms with E-state index in [2.05, 4.69) is 46.6 Å². The van der Waals surface area contributed by atoms with Crippen molar-refractivity contribution >= 4 is 21.6 Å². The van der Waals surface area contributed by atoms with Crippen LogP contribution in [0.1, 0.15) is 33.6 Å². The normalized spacial score (nSPS) is 16.1. The van der Waals surface area contributed by atoms with E-state index in [1.54, 1.807) is 22.2 Å². The molecule has 0 bridgehead atoms. The van der Waals surface area contributed by atoms with Crippen molar-refractivity contribution in [1.29, 1.82) is 0 Å². The SMILES string of the molecule is Cc1ccc(Cn2cnc3sc4c(c3c2=O)CCC(NCc2cnn(C)c2)C4)cc1. The Morgan fingerprint density at radius 1 is 1.23 bits per heavy atom. The maximum atomic E-state index is 13.2. The lowest BCUT2D eigenvalue weighted by Gasteiger charge is -2.23. The summed E-state index contributed by atoms with van der Waals surface area (Å²) in [6.07, 6.45) is 8.55. The van der Waals surface area contributed by atoms with Crippen LogP contribution in [0.2, 0.25) is 0 Å². The molecule has 1 unspecified atom stereocenters. The quantitative estimate of drug-likeness (QED) is 0.540. The third-order valence-corrected chi connectivity index (χ3v) is 7.02. The molecule has 1 aromatic carbocycles. The predicted molar refractivity (Wildman–Crippen MR) is 120 cm³/mol. The highest BCUT2D eigenvalue weighted by Gasteiger charge is 2.25. The monoisotopic (exact) mass is 419 g/mol. The number of aryl methyl sites for hydroxylation is 3. The van der Waals surface area contributed by atoms with E-state index >= 15 is 0 Å². The Hall–Kier alpha value is -2.77. The molecule has 3 heterocycles. The van der Waals surface area contributed by atoms with Gasteiger partial charge >= 0.3 is 0 Å². The summed E-state index contributed by atoms with van der Waals surface area (Å²) in [6.45, 7) is 3.45. The third-order valence-electron chi connectivity index (χ3n) is 5.86. The van der Waals surface area contributed by atoms with E-state index in [0.29, 0.717) is 12.6 Å². The fraction of sp³-hybridized carbons (Fsp3) is 0.348. The molecule has 1 aliphatic rings. The van der Waals surface area contributed by atoms with Crippen molar-refractivity contribution < 1.29 is 0 Å². The first kappa shape index (κ1) is 19.2. The maximum absolute atomic E-state index is 13.2. The van der Waals surface area contributed by atoms with E-state index in [1.807, 2.05) is 24.1 Å². The van der Waals surface area contributed by atoms with Gasteiger partial charge in [-0.15, -0.1) is 11.3 Å². The van der Waals surface area contributed by atoms with Gasteiger partial charge in [0.2, 0.25) is 0 Å². The van der Waals surface area contributed by atoms with Gasteiger partial charge in [-0.1, -0.05) is 29.8 Å². The van der Waals surface area contributed by atoms with Crippen LogP contribution in [0.4, 0.5) is 0 Å². The summed E-state index contributed by atoms with van der Waals surface area (Å²) in [5.41, 5.74) is 4.83. The molecule has 3 aromatic heterocycles. The van der Waals surface area contributed by atoms with Crippen LogP contribution in [0.5, 0.6) is 0 Å². The van der Waals surface area contributed by atoms with Gasteiger partial charge in [0.25, 0.3) is 5.56 Å². The average Bonchev–Trinajstić information content (AvgIpc) is 3.33. The molecule has 30 heavy (non-hydrogen) atoms. The van der Waals surface area contributed by atoms with Crippen LogP contribution in [0, 0.1) is 6.92 Å². The number of rotatable bonds is 5. The van der Waals surface area contributed by atoms with Crippen LogP contribution in [0.3, 0.4) is 0 Å². The topological polar surface area (TPSA) is 64.7 Å². The van der Waals surface area contributed by atoms with Crippen LogP contribution in [0.25, 0.3) is 10.2 Å². The standard InChI is InChI=1S/C23H25N5OS/c1-15-3-5-16(6-4-15)13-28-14-25-22-21(23(28)29)19-8-7-18(9-20(19)30-22)24-10-17-11-26-27(2)12-17/h3-6,11-12,14,18,24H,7-10,13H2,1-2H3. The van der Waals surface area contributed by atoms with Crippen molar-refractivity contribution in [3.8, 4) is 0 Å². The highest BCUT2D eigenvalue weighted by molar-refractivity contribution is 7.18. The first-order chi connectivity index (χ1) is 14.6. The number of nitrogens with zero attached hydrogens (tertiary/aromatic N) is 4. The average molecular weight is 420 g/mol. The van der Waals surface area contributed by atoms with Crippen molar-refractivity contribution in [2.75, 3.05) is 0 Å². The van der Waals surface area contributed by atoms with Crippen LogP contribution in [0.15, 0.2) is 47.8 Å². The molecular formula is C23H25N5OS. The molecule has 0 radical (unpaired) electrons. The molecule has 0 spiro atoms. The Balaban J connectivity index is 1.37. The second-order valence-electron chi connectivity index (χ2n) is 8.19. The van der Waals surface area contributed by atoms with E-state index in [1.165, 1.54) is 21.6 Å². The molecule has 4 aromatic rings. The molecule has 0 saturated heterocycles. The zero-order chi connectivity index (χ0) is 20.7. The summed E-state index contributed by atoms with van der Waals surface area (Å²) in [5.74, 6) is 0. The number of fused-ring (bicyclic) bond motifs is 3. The largest absolute Gasteiger partial charge is 0.309 e. The molecule has 0 saturated carbocycles. The highest BCUT2D eigenvalue weighted by atomic mass is 32.1. The molecule has 1 atom stereocenters. The number of thiophene rings is 1. The summed E-state index contributed by atoms with van der Waals surface area (Å²) in [5, 5.41) is 8.71. The number of nitrogens with one attached hydrogen (secondary N) is 1. The molecule has 1 N–H and O–H groups in total. The second-order valence-corrected chi connectivity index (χ2v) is 9.27. The molecule has 0 aliphatic heterocycles. The number of aromatic nitrogens is 4. The van der Waals surface area contributed by atoms with Crippen molar-refractivity contribution in [3.05, 3.63) is 80.5 Å². The van der Waals surface area contributed by atoms with Gasteiger partial charge in [-0.2, -0.15) is 5.10 Å². The van der Waals surface area contributed by atoms with Gasteiger partial charge in [-0.05, 0) is 37.3 Å². The lowest BCUT2D eigenvalue weighted by molar-refractivity contribution is 0.462. The van der Waals surface area contributed by atoms with Gasteiger partial charge in [0, 0.05) is 36.3 Å². The van der Waals surface area contributed by atoms with Crippen LogP contribution >= 0.6 is 11.3 Å². The zero-order valence-corrected chi connectivity index (χ0v) is 18.1. The molecule has 0 amide bonds. The van der Waals surface area contributed by atoms with Gasteiger partial charge in [0.05, 0.1) is 24.5 Å². The van der Waals surface area contributed by atoms with Gasteiger partial charge in [-0.25, -0.2) is 4.98 Å². The molecule has 7 heteroatoms. The molecule has 6 nitrogen and oxygen atoms in total. The number of hydrogen-bond acceptors (Lipinski definition) is 5. The Labute approximate surface area is 179 Å². The molecule has 154 valence electrons. The van der Waals surface area contributed by atoms with Crippen molar-refractivity contribution in [1.82, 2.24) is 24.6 Å². The van der Waals surface area contributed by atoms with Crippen LogP contribution in [-0.4, -0.2) is 25.4 Å². The van der Waals surface area contributed by atoms with E-state index < -0.39 is 0 Å². The van der Waals surface area contributed by atoms with E-state index in [-0.39, 0.29) is 5.56 Å². The van der Waals surface area contributed by atoms with Gasteiger partial charge < -0.3 is 5.32 Å². The van der Waals surface area contributed by atoms with Gasteiger partial charge in [0.1, 0.15) is 4.83 Å². The Morgan fingerprint density at radius 3 is 2.83 bits per heavy atom. The summed E-state index contributed by atoms with van der Waals surface area (Å²) in [6, 6.07) is 8.73. The van der Waals surface area contributed by atoms with E-state index in [9.17, 15) is 4.79 Å². The van der Waals surface area contributed by atoms with Crippen LogP contribution < -0.4 is 10.9 Å². The molecule has 1 aliphatic carbocycles. The summed E-state index contributed by atoms with van der Waals surface area (Å²) in [4.78, 5) is 20.0. The van der Waals surface area contributed by atoms with Gasteiger partial charge in [0.15, 0.2) is 0 Å². The van der Waals surface area contributed by atoms with Gasteiger partial charge in [-0.3, -0.25) is 14.0 Å². The van der Waals surface area contributed by atoms with E-state index in [0.717, 1.165) is 41.6 Å². The molecule has 0 fully saturated rings. The third kappa shape index (κ3) is 3.70. The van der Waals surface area contributed by atoms with E-state index in [4.69, 9.17) is 0 Å². The fourth-order valence-corrected chi connectivity index (χ4v) is 5.46. The molecular weight excluding hydrogens is 394 g/mol. The molecule has 5 rings (SSSR count). The minimum Gasteiger partial charge on any atom is -0.309 e. The van der Waals surface area contributed by atoms with Crippen LogP contribution in [-0.2, 0) is 33.0 Å². The van der Waals surface area contributed by atoms with Crippen molar-refractivity contribution in [2.24, 2.45) is 7.05 Å².